The third-order valence-electron chi connectivity index (χ3n) is 2.98. The van der Waals surface area contributed by atoms with Crippen LogP contribution in [0.2, 0.25) is 5.02 Å². The molecule has 0 bridgehead atoms. The third-order valence-corrected chi connectivity index (χ3v) is 4.14. The number of hydrogen-bond donors (Lipinski definition) is 1. The van der Waals surface area contributed by atoms with Gasteiger partial charge in [0.15, 0.2) is 0 Å². The Balaban J connectivity index is 2.07. The smallest absolute Gasteiger partial charge is 0.0642 e. The fraction of sp³-hybridized carbons (Fsp3) is 0.333. The molecule has 2 rings (SSSR count). The van der Waals surface area contributed by atoms with Gasteiger partial charge >= 0.3 is 0 Å². The second-order valence-corrected chi connectivity index (χ2v) is 5.94. The van der Waals surface area contributed by atoms with Crippen LogP contribution in [0.1, 0.15) is 17.4 Å². The third kappa shape index (κ3) is 3.96. The second-order valence-electron chi connectivity index (χ2n) is 4.50. The zero-order valence-electron chi connectivity index (χ0n) is 11.3. The Morgan fingerprint density at radius 2 is 2.16 bits per heavy atom. The van der Waals surface area contributed by atoms with Gasteiger partial charge in [0.2, 0.25) is 0 Å². The maximum absolute atomic E-state index is 6.38. The molecular weight excluding hydrogens is 276 g/mol. The van der Waals surface area contributed by atoms with Crippen molar-refractivity contribution >= 4 is 28.6 Å². The number of thiophene rings is 1. The highest BCUT2D eigenvalue weighted by Gasteiger charge is 2.08. The number of rotatable bonds is 6. The zero-order valence-corrected chi connectivity index (χ0v) is 12.9. The Kier molecular flexibility index (Phi) is 5.25. The normalized spacial score (nSPS) is 10.7. The summed E-state index contributed by atoms with van der Waals surface area (Å²) in [7, 11) is 2.07. The summed E-state index contributed by atoms with van der Waals surface area (Å²) >= 11 is 8.15. The largest absolute Gasteiger partial charge is 0.368 e. The van der Waals surface area contributed by atoms with Gasteiger partial charge in [-0.05, 0) is 35.7 Å². The molecule has 1 aromatic carbocycles. The number of halogens is 1. The molecule has 0 saturated heterocycles. The predicted octanol–water partition coefficient (Wildman–Crippen LogP) is 4.15. The van der Waals surface area contributed by atoms with Crippen LogP contribution in [0.4, 0.5) is 5.69 Å². The van der Waals surface area contributed by atoms with Crippen molar-refractivity contribution in [1.29, 1.82) is 0 Å². The SMILES string of the molecule is CCNCc1ccc(N(C)Cc2cccs2)c(Cl)c1. The van der Waals surface area contributed by atoms with Crippen LogP contribution in [0.3, 0.4) is 0 Å². The fourth-order valence-electron chi connectivity index (χ4n) is 1.96. The molecule has 0 radical (unpaired) electrons. The molecule has 1 aromatic heterocycles. The molecule has 19 heavy (non-hydrogen) atoms. The van der Waals surface area contributed by atoms with Crippen molar-refractivity contribution < 1.29 is 0 Å². The molecule has 0 aliphatic rings. The summed E-state index contributed by atoms with van der Waals surface area (Å²) in [5, 5.41) is 6.22. The Labute approximate surface area is 124 Å². The topological polar surface area (TPSA) is 15.3 Å². The first kappa shape index (κ1) is 14.4. The molecule has 0 unspecified atom stereocenters. The Morgan fingerprint density at radius 3 is 2.79 bits per heavy atom. The maximum atomic E-state index is 6.38. The van der Waals surface area contributed by atoms with E-state index in [1.807, 2.05) is 6.07 Å². The molecule has 1 N–H and O–H groups in total. The van der Waals surface area contributed by atoms with Crippen LogP contribution in [-0.2, 0) is 13.1 Å². The van der Waals surface area contributed by atoms with Crippen molar-refractivity contribution in [2.24, 2.45) is 0 Å². The summed E-state index contributed by atoms with van der Waals surface area (Å²) in [4.78, 5) is 3.53. The van der Waals surface area contributed by atoms with E-state index in [0.29, 0.717) is 0 Å². The number of nitrogens with zero attached hydrogens (tertiary/aromatic N) is 1. The van der Waals surface area contributed by atoms with Gasteiger partial charge < -0.3 is 10.2 Å². The Morgan fingerprint density at radius 1 is 1.32 bits per heavy atom. The van der Waals surface area contributed by atoms with Crippen LogP contribution in [0.5, 0.6) is 0 Å². The molecule has 2 aromatic rings. The molecule has 1 heterocycles. The average molecular weight is 295 g/mol. The van der Waals surface area contributed by atoms with Crippen molar-refractivity contribution in [2.75, 3.05) is 18.5 Å². The van der Waals surface area contributed by atoms with Crippen molar-refractivity contribution in [3.8, 4) is 0 Å². The summed E-state index contributed by atoms with van der Waals surface area (Å²) in [5.41, 5.74) is 2.30. The molecule has 0 atom stereocenters. The summed E-state index contributed by atoms with van der Waals surface area (Å²) in [6, 6.07) is 10.5. The molecule has 102 valence electrons. The van der Waals surface area contributed by atoms with Crippen LogP contribution in [0.25, 0.3) is 0 Å². The first-order valence-electron chi connectivity index (χ1n) is 6.43. The van der Waals surface area contributed by atoms with Crippen molar-refractivity contribution in [3.05, 3.63) is 51.2 Å². The molecule has 2 nitrogen and oxygen atoms in total. The van der Waals surface area contributed by atoms with Gasteiger partial charge in [0, 0.05) is 18.5 Å². The molecule has 0 aliphatic carbocycles. The number of hydrogen-bond acceptors (Lipinski definition) is 3. The molecule has 0 spiro atoms. The van der Waals surface area contributed by atoms with Crippen LogP contribution in [-0.4, -0.2) is 13.6 Å². The van der Waals surface area contributed by atoms with Gasteiger partial charge in [-0.1, -0.05) is 30.7 Å². The minimum absolute atomic E-state index is 0.814. The standard InChI is InChI=1S/C15H19ClN2S/c1-3-17-10-12-6-7-15(14(16)9-12)18(2)11-13-5-4-8-19-13/h4-9,17H,3,10-11H2,1-2H3. The van der Waals surface area contributed by atoms with E-state index in [1.165, 1.54) is 10.4 Å². The van der Waals surface area contributed by atoms with Crippen LogP contribution in [0, 0.1) is 0 Å². The van der Waals surface area contributed by atoms with Crippen molar-refractivity contribution in [1.82, 2.24) is 5.32 Å². The molecule has 0 amide bonds. The Bertz CT molecular complexity index is 511. The summed E-state index contributed by atoms with van der Waals surface area (Å²) < 4.78 is 0. The van der Waals surface area contributed by atoms with Gasteiger partial charge in [-0.15, -0.1) is 11.3 Å². The van der Waals surface area contributed by atoms with E-state index in [-0.39, 0.29) is 0 Å². The van der Waals surface area contributed by atoms with Gasteiger partial charge in [-0.2, -0.15) is 0 Å². The highest BCUT2D eigenvalue weighted by molar-refractivity contribution is 7.09. The summed E-state index contributed by atoms with van der Waals surface area (Å²) in [6.07, 6.45) is 0. The lowest BCUT2D eigenvalue weighted by Gasteiger charge is -2.20. The lowest BCUT2D eigenvalue weighted by molar-refractivity contribution is 0.727. The monoisotopic (exact) mass is 294 g/mol. The minimum atomic E-state index is 0.814. The Hall–Kier alpha value is -1.03. The molecule has 0 fully saturated rings. The zero-order chi connectivity index (χ0) is 13.7. The van der Waals surface area contributed by atoms with Gasteiger partial charge in [-0.25, -0.2) is 0 Å². The number of nitrogens with one attached hydrogen (secondary N) is 1. The van der Waals surface area contributed by atoms with E-state index >= 15 is 0 Å². The molecule has 0 aliphatic heterocycles. The highest BCUT2D eigenvalue weighted by Crippen LogP contribution is 2.27. The van der Waals surface area contributed by atoms with Crippen molar-refractivity contribution in [2.45, 2.75) is 20.0 Å². The second kappa shape index (κ2) is 6.94. The number of anilines is 1. The molecule has 0 saturated carbocycles. The van der Waals surface area contributed by atoms with E-state index in [9.17, 15) is 0 Å². The van der Waals surface area contributed by atoms with E-state index in [1.54, 1.807) is 11.3 Å². The first-order valence-corrected chi connectivity index (χ1v) is 7.69. The van der Waals surface area contributed by atoms with E-state index in [0.717, 1.165) is 30.3 Å². The predicted molar refractivity (Wildman–Crippen MR) is 85.3 cm³/mol. The lowest BCUT2D eigenvalue weighted by atomic mass is 10.2. The fourth-order valence-corrected chi connectivity index (χ4v) is 3.07. The van der Waals surface area contributed by atoms with Crippen LogP contribution < -0.4 is 10.2 Å². The quantitative estimate of drug-likeness (QED) is 0.861. The molecular formula is C15H19ClN2S. The van der Waals surface area contributed by atoms with Gasteiger partial charge in [0.05, 0.1) is 17.3 Å². The molecule has 4 heteroatoms. The van der Waals surface area contributed by atoms with E-state index < -0.39 is 0 Å². The van der Waals surface area contributed by atoms with Gasteiger partial charge in [-0.3, -0.25) is 0 Å². The summed E-state index contributed by atoms with van der Waals surface area (Å²) in [6.45, 7) is 4.83. The minimum Gasteiger partial charge on any atom is -0.368 e. The van der Waals surface area contributed by atoms with Crippen molar-refractivity contribution in [3.63, 3.8) is 0 Å². The van der Waals surface area contributed by atoms with Gasteiger partial charge in [0.1, 0.15) is 0 Å². The van der Waals surface area contributed by atoms with Crippen LogP contribution >= 0.6 is 22.9 Å². The summed E-state index contributed by atoms with van der Waals surface area (Å²) in [5.74, 6) is 0. The van der Waals surface area contributed by atoms with E-state index in [2.05, 4.69) is 53.8 Å². The highest BCUT2D eigenvalue weighted by atomic mass is 35.5. The van der Waals surface area contributed by atoms with Gasteiger partial charge in [0.25, 0.3) is 0 Å². The van der Waals surface area contributed by atoms with Crippen LogP contribution in [0.15, 0.2) is 35.7 Å². The maximum Gasteiger partial charge on any atom is 0.0642 e. The lowest BCUT2D eigenvalue weighted by Crippen LogP contribution is -2.16. The van der Waals surface area contributed by atoms with E-state index in [4.69, 9.17) is 11.6 Å². The number of benzene rings is 1. The first-order chi connectivity index (χ1) is 9.20. The average Bonchev–Trinajstić information content (AvgIpc) is 2.89.